The maximum atomic E-state index is 13.0. The molecule has 2 atom stereocenters. The molecule has 0 bridgehead atoms. The number of hydrogen-bond acceptors (Lipinski definition) is 5. The van der Waals surface area contributed by atoms with Crippen LogP contribution < -0.4 is 9.62 Å². The minimum Gasteiger partial charge on any atom is -0.348 e. The van der Waals surface area contributed by atoms with Crippen LogP contribution >= 0.6 is 0 Å². The molecule has 8 nitrogen and oxygen atoms in total. The van der Waals surface area contributed by atoms with E-state index in [-0.39, 0.29) is 17.4 Å². The van der Waals surface area contributed by atoms with E-state index < -0.39 is 26.9 Å². The lowest BCUT2D eigenvalue weighted by atomic mass is 9.96. The Labute approximate surface area is 183 Å². The Kier molecular flexibility index (Phi) is 7.10. The number of hydrogen-bond donors (Lipinski definition) is 1. The van der Waals surface area contributed by atoms with Gasteiger partial charge < -0.3 is 5.32 Å². The minimum absolute atomic E-state index is 0.106. The van der Waals surface area contributed by atoms with E-state index in [9.17, 15) is 23.3 Å². The zero-order valence-electron chi connectivity index (χ0n) is 18.9. The van der Waals surface area contributed by atoms with Gasteiger partial charge in [0.15, 0.2) is 0 Å². The summed E-state index contributed by atoms with van der Waals surface area (Å²) in [6.45, 7) is 10.9. The summed E-state index contributed by atoms with van der Waals surface area (Å²) in [6.07, 6.45) is 0.978. The van der Waals surface area contributed by atoms with Crippen molar-refractivity contribution in [3.63, 3.8) is 0 Å². The van der Waals surface area contributed by atoms with Crippen molar-refractivity contribution in [3.8, 4) is 0 Å². The van der Waals surface area contributed by atoms with Crippen molar-refractivity contribution in [1.29, 1.82) is 0 Å². The molecular weight excluding hydrogens is 418 g/mol. The van der Waals surface area contributed by atoms with Gasteiger partial charge in [-0.3, -0.25) is 19.2 Å². The van der Waals surface area contributed by atoms with Crippen molar-refractivity contribution in [2.75, 3.05) is 10.6 Å². The molecule has 0 fully saturated rings. The van der Waals surface area contributed by atoms with Crippen LogP contribution in [0, 0.1) is 37.8 Å². The Morgan fingerprint density at radius 1 is 1.00 bits per heavy atom. The lowest BCUT2D eigenvalue weighted by molar-refractivity contribution is -0.384. The van der Waals surface area contributed by atoms with Gasteiger partial charge in [0.05, 0.1) is 22.9 Å². The Hall–Kier alpha value is -2.94. The van der Waals surface area contributed by atoms with Crippen molar-refractivity contribution < 1.29 is 18.1 Å². The van der Waals surface area contributed by atoms with Crippen LogP contribution in [0.2, 0.25) is 0 Å². The van der Waals surface area contributed by atoms with Crippen LogP contribution in [0.25, 0.3) is 0 Å². The molecule has 0 unspecified atom stereocenters. The van der Waals surface area contributed by atoms with Gasteiger partial charge in [-0.15, -0.1) is 0 Å². The fourth-order valence-corrected chi connectivity index (χ4v) is 4.82. The zero-order valence-corrected chi connectivity index (χ0v) is 19.7. The van der Waals surface area contributed by atoms with Crippen LogP contribution in [-0.4, -0.2) is 31.5 Å². The number of rotatable bonds is 7. The first-order chi connectivity index (χ1) is 14.2. The van der Waals surface area contributed by atoms with Gasteiger partial charge in [0.25, 0.3) is 5.69 Å². The van der Waals surface area contributed by atoms with E-state index in [1.54, 1.807) is 6.92 Å². The highest BCUT2D eigenvalue weighted by Crippen LogP contribution is 2.30. The predicted octanol–water partition coefficient (Wildman–Crippen LogP) is 3.86. The molecule has 0 heterocycles. The molecule has 1 amide bonds. The van der Waals surface area contributed by atoms with E-state index in [1.165, 1.54) is 25.1 Å². The molecule has 0 aliphatic heterocycles. The maximum Gasteiger partial charge on any atom is 0.271 e. The molecule has 0 spiro atoms. The van der Waals surface area contributed by atoms with Gasteiger partial charge in [-0.05, 0) is 69.4 Å². The third-order valence-electron chi connectivity index (χ3n) is 5.44. The molecular formula is C22H29N3O5S. The third kappa shape index (κ3) is 5.41. The highest BCUT2D eigenvalue weighted by atomic mass is 32.2. The van der Waals surface area contributed by atoms with Gasteiger partial charge in [-0.1, -0.05) is 18.2 Å². The fourth-order valence-electron chi connectivity index (χ4n) is 3.59. The van der Waals surface area contributed by atoms with Gasteiger partial charge in [0.1, 0.15) is 6.04 Å². The molecule has 31 heavy (non-hydrogen) atoms. The molecule has 0 aliphatic rings. The Morgan fingerprint density at radius 3 is 2.13 bits per heavy atom. The van der Waals surface area contributed by atoms with E-state index in [0.717, 1.165) is 32.8 Å². The van der Waals surface area contributed by atoms with Crippen LogP contribution in [0.1, 0.15) is 47.7 Å². The molecule has 9 heteroatoms. The van der Waals surface area contributed by atoms with Crippen LogP contribution in [0.5, 0.6) is 0 Å². The number of carbonyl (C=O) groups is 1. The number of carbonyl (C=O) groups excluding carboxylic acids is 1. The first-order valence-electron chi connectivity index (χ1n) is 9.86. The van der Waals surface area contributed by atoms with Crippen molar-refractivity contribution in [3.05, 3.63) is 68.3 Å². The van der Waals surface area contributed by atoms with Crippen molar-refractivity contribution in [2.24, 2.45) is 0 Å². The van der Waals surface area contributed by atoms with E-state index in [1.807, 2.05) is 39.8 Å². The Balaban J connectivity index is 2.40. The molecule has 2 rings (SSSR count). The second-order valence-electron chi connectivity index (χ2n) is 7.99. The van der Waals surface area contributed by atoms with Crippen molar-refractivity contribution >= 4 is 27.3 Å². The number of nitrogens with zero attached hydrogens (tertiary/aromatic N) is 2. The number of nitrogens with one attached hydrogen (secondary N) is 1. The molecule has 2 aromatic rings. The number of anilines is 1. The van der Waals surface area contributed by atoms with Gasteiger partial charge in [0, 0.05) is 12.1 Å². The average molecular weight is 448 g/mol. The molecule has 1 N–H and O–H groups in total. The number of aryl methyl sites for hydroxylation is 4. The molecule has 0 aliphatic carbocycles. The van der Waals surface area contributed by atoms with Gasteiger partial charge in [0.2, 0.25) is 15.9 Å². The molecule has 0 saturated carbocycles. The summed E-state index contributed by atoms with van der Waals surface area (Å²) in [5.74, 6) is -0.499. The standard InChI is InChI=1S/C22H29N3O5S/c1-13-8-9-19(25(27)28)12-21(13)24(31(7,29)30)18(6)22(26)23-17(5)20-11-15(3)14(2)10-16(20)4/h8-12,17-18H,1-7H3,(H,23,26)/t17-,18+/m1/s1. The quantitative estimate of drug-likeness (QED) is 0.512. The Morgan fingerprint density at radius 2 is 1.58 bits per heavy atom. The first kappa shape index (κ1) is 24.3. The summed E-state index contributed by atoms with van der Waals surface area (Å²) in [5, 5.41) is 14.1. The van der Waals surface area contributed by atoms with Crippen LogP contribution in [0.15, 0.2) is 30.3 Å². The number of non-ortho nitro benzene ring substituents is 1. The molecule has 168 valence electrons. The van der Waals surface area contributed by atoms with Crippen LogP contribution in [0.4, 0.5) is 11.4 Å². The number of benzene rings is 2. The molecule has 0 saturated heterocycles. The summed E-state index contributed by atoms with van der Waals surface area (Å²) in [5.41, 5.74) is 4.58. The largest absolute Gasteiger partial charge is 0.348 e. The lowest BCUT2D eigenvalue weighted by Crippen LogP contribution is -2.48. The summed E-state index contributed by atoms with van der Waals surface area (Å²) >= 11 is 0. The average Bonchev–Trinajstić information content (AvgIpc) is 2.64. The smallest absolute Gasteiger partial charge is 0.271 e. The second kappa shape index (κ2) is 9.05. The fraction of sp³-hybridized carbons (Fsp3) is 0.409. The molecule has 0 radical (unpaired) electrons. The highest BCUT2D eigenvalue weighted by molar-refractivity contribution is 7.92. The number of amides is 1. The van der Waals surface area contributed by atoms with Crippen molar-refractivity contribution in [1.82, 2.24) is 5.32 Å². The van der Waals surface area contributed by atoms with Gasteiger partial charge >= 0.3 is 0 Å². The SMILES string of the molecule is Cc1cc(C)c([C@@H](C)NC(=O)[C@H](C)N(c2cc([N+](=O)[O-])ccc2C)S(C)(=O)=O)cc1C. The van der Waals surface area contributed by atoms with Crippen molar-refractivity contribution in [2.45, 2.75) is 53.6 Å². The van der Waals surface area contributed by atoms with Crippen LogP contribution in [0.3, 0.4) is 0 Å². The summed E-state index contributed by atoms with van der Waals surface area (Å²) < 4.78 is 26.1. The van der Waals surface area contributed by atoms with Gasteiger partial charge in [-0.2, -0.15) is 0 Å². The normalized spacial score (nSPS) is 13.4. The van der Waals surface area contributed by atoms with E-state index in [2.05, 4.69) is 5.32 Å². The summed E-state index contributed by atoms with van der Waals surface area (Å²) in [6, 6.07) is 6.56. The highest BCUT2D eigenvalue weighted by Gasteiger charge is 2.32. The predicted molar refractivity (Wildman–Crippen MR) is 122 cm³/mol. The minimum atomic E-state index is -3.90. The summed E-state index contributed by atoms with van der Waals surface area (Å²) in [7, 11) is -3.90. The van der Waals surface area contributed by atoms with E-state index in [0.29, 0.717) is 5.56 Å². The number of nitro groups is 1. The summed E-state index contributed by atoms with van der Waals surface area (Å²) in [4.78, 5) is 23.6. The van der Waals surface area contributed by atoms with E-state index in [4.69, 9.17) is 0 Å². The molecule has 0 aromatic heterocycles. The zero-order chi connectivity index (χ0) is 23.7. The maximum absolute atomic E-state index is 13.0. The lowest BCUT2D eigenvalue weighted by Gasteiger charge is -2.30. The van der Waals surface area contributed by atoms with E-state index >= 15 is 0 Å². The second-order valence-corrected chi connectivity index (χ2v) is 9.85. The molecule has 2 aromatic carbocycles. The topological polar surface area (TPSA) is 110 Å². The number of sulfonamides is 1. The van der Waals surface area contributed by atoms with Gasteiger partial charge in [-0.25, -0.2) is 8.42 Å². The third-order valence-corrected chi connectivity index (χ3v) is 6.66. The first-order valence-corrected chi connectivity index (χ1v) is 11.7. The Bertz CT molecular complexity index is 1130. The number of nitro benzene ring substituents is 1. The monoisotopic (exact) mass is 447 g/mol. The van der Waals surface area contributed by atoms with Crippen LogP contribution in [-0.2, 0) is 14.8 Å².